The molecule has 0 radical (unpaired) electrons. The van der Waals surface area contributed by atoms with Gasteiger partial charge in [-0.05, 0) is 48.6 Å². The van der Waals surface area contributed by atoms with E-state index in [2.05, 4.69) is 10.2 Å². The quantitative estimate of drug-likeness (QED) is 0.797. The Morgan fingerprint density at radius 3 is 2.37 bits per heavy atom. The molecule has 2 aromatic rings. The van der Waals surface area contributed by atoms with E-state index >= 15 is 0 Å². The maximum absolute atomic E-state index is 12.4. The lowest BCUT2D eigenvalue weighted by atomic mass is 10.2. The molecule has 1 fully saturated rings. The number of nitrogens with zero attached hydrogens (tertiary/aromatic N) is 2. The number of hydrogen-bond donors (Lipinski definition) is 1. The van der Waals surface area contributed by atoms with Crippen molar-refractivity contribution in [1.82, 2.24) is 4.31 Å². The molecule has 1 aliphatic rings. The largest absolute Gasteiger partial charge is 0.372 e. The van der Waals surface area contributed by atoms with Crippen molar-refractivity contribution < 1.29 is 13.2 Å². The normalized spacial score (nSPS) is 15.6. The first-order valence-electron chi connectivity index (χ1n) is 9.11. The third kappa shape index (κ3) is 5.09. The molecule has 0 saturated carbocycles. The topological polar surface area (TPSA) is 69.7 Å². The number of benzene rings is 1. The molecule has 6 nitrogen and oxygen atoms in total. The number of carbonyl (C=O) groups excluding carboxylic acids is 1. The van der Waals surface area contributed by atoms with Crippen LogP contribution in [0.4, 0.5) is 11.4 Å². The molecule has 1 saturated heterocycles. The fourth-order valence-corrected chi connectivity index (χ4v) is 5.46. The number of rotatable bonds is 6. The highest BCUT2D eigenvalue weighted by atomic mass is 32.2. The van der Waals surface area contributed by atoms with Crippen molar-refractivity contribution in [3.05, 3.63) is 41.8 Å². The van der Waals surface area contributed by atoms with Crippen LogP contribution in [0.1, 0.15) is 25.7 Å². The number of likely N-dealkylation sites (N-methyl/N-ethyl adjacent to an activating group) is 1. The van der Waals surface area contributed by atoms with Crippen LogP contribution in [0.15, 0.2) is 46.0 Å². The van der Waals surface area contributed by atoms with Crippen molar-refractivity contribution in [3.8, 4) is 0 Å². The van der Waals surface area contributed by atoms with E-state index in [1.54, 1.807) is 11.4 Å². The van der Waals surface area contributed by atoms with E-state index < -0.39 is 10.0 Å². The Hall–Kier alpha value is -1.90. The Bertz CT molecular complexity index is 841. The van der Waals surface area contributed by atoms with Crippen molar-refractivity contribution in [2.75, 3.05) is 36.9 Å². The number of nitrogens with one attached hydrogen (secondary N) is 1. The number of thiophene rings is 1. The number of carbonyl (C=O) groups is 1. The molecule has 3 rings (SSSR count). The number of hydrogen-bond acceptors (Lipinski definition) is 5. The molecule has 1 aliphatic heterocycles. The molecular weight excluding hydrogens is 382 g/mol. The average molecular weight is 408 g/mol. The Morgan fingerprint density at radius 1 is 1.11 bits per heavy atom. The Morgan fingerprint density at radius 2 is 1.78 bits per heavy atom. The van der Waals surface area contributed by atoms with Crippen molar-refractivity contribution in [3.63, 3.8) is 0 Å². The van der Waals surface area contributed by atoms with Crippen LogP contribution in [0.3, 0.4) is 0 Å². The van der Waals surface area contributed by atoms with Gasteiger partial charge in [0.25, 0.3) is 10.0 Å². The van der Waals surface area contributed by atoms with Crippen molar-refractivity contribution in [1.29, 1.82) is 0 Å². The molecule has 1 N–H and O–H groups in total. The van der Waals surface area contributed by atoms with E-state index in [4.69, 9.17) is 0 Å². The summed E-state index contributed by atoms with van der Waals surface area (Å²) in [5, 5.41) is 4.47. The minimum absolute atomic E-state index is 0.228. The summed E-state index contributed by atoms with van der Waals surface area (Å²) in [6, 6.07) is 11.0. The van der Waals surface area contributed by atoms with Gasteiger partial charge in [-0.15, -0.1) is 11.3 Å². The fourth-order valence-electron chi connectivity index (χ4n) is 3.14. The predicted octanol–water partition coefficient (Wildman–Crippen LogP) is 3.39. The van der Waals surface area contributed by atoms with E-state index in [9.17, 15) is 13.2 Å². The summed E-state index contributed by atoms with van der Waals surface area (Å²) in [5.74, 6) is -0.361. The first-order valence-corrected chi connectivity index (χ1v) is 11.4. The highest BCUT2D eigenvalue weighted by molar-refractivity contribution is 7.91. The smallest absolute Gasteiger partial charge is 0.252 e. The predicted molar refractivity (Wildman–Crippen MR) is 110 cm³/mol. The highest BCUT2D eigenvalue weighted by Crippen LogP contribution is 2.22. The standard InChI is InChI=1S/C19H25N3O3S2/c1-21(27(24,25)19-7-6-14-26-19)15-18(23)20-16-8-10-17(11-9-16)22-12-4-2-3-5-13-22/h6-11,14H,2-5,12-13,15H2,1H3,(H,20,23). The van der Waals surface area contributed by atoms with Gasteiger partial charge in [0.15, 0.2) is 0 Å². The Kier molecular flexibility index (Phi) is 6.51. The van der Waals surface area contributed by atoms with Gasteiger partial charge in [-0.2, -0.15) is 4.31 Å². The van der Waals surface area contributed by atoms with Gasteiger partial charge in [0.1, 0.15) is 4.21 Å². The third-order valence-electron chi connectivity index (χ3n) is 4.65. The molecule has 1 aromatic heterocycles. The SMILES string of the molecule is CN(CC(=O)Nc1ccc(N2CCCCCC2)cc1)S(=O)(=O)c1cccs1. The van der Waals surface area contributed by atoms with Crippen LogP contribution in [0.25, 0.3) is 0 Å². The van der Waals surface area contributed by atoms with Crippen LogP contribution in [0.2, 0.25) is 0 Å². The second-order valence-corrected chi connectivity index (χ2v) is 9.91. The Balaban J connectivity index is 1.57. The number of sulfonamides is 1. The lowest BCUT2D eigenvalue weighted by Gasteiger charge is -2.23. The van der Waals surface area contributed by atoms with Crippen molar-refractivity contribution in [2.24, 2.45) is 0 Å². The van der Waals surface area contributed by atoms with E-state index in [1.165, 1.54) is 38.8 Å². The van der Waals surface area contributed by atoms with Gasteiger partial charge in [-0.3, -0.25) is 4.79 Å². The van der Waals surface area contributed by atoms with Crippen LogP contribution in [-0.4, -0.2) is 45.3 Å². The first kappa shape index (κ1) is 19.9. The summed E-state index contributed by atoms with van der Waals surface area (Å²) in [6.07, 6.45) is 4.99. The van der Waals surface area contributed by atoms with Gasteiger partial charge in [-0.25, -0.2) is 8.42 Å². The third-order valence-corrected chi connectivity index (χ3v) is 7.82. The van der Waals surface area contributed by atoms with Gasteiger partial charge in [0.2, 0.25) is 5.91 Å². The molecule has 2 heterocycles. The molecule has 0 aliphatic carbocycles. The molecule has 0 spiro atoms. The molecule has 146 valence electrons. The summed E-state index contributed by atoms with van der Waals surface area (Å²) in [6.45, 7) is 1.91. The molecule has 1 aromatic carbocycles. The van der Waals surface area contributed by atoms with Gasteiger partial charge in [-0.1, -0.05) is 18.9 Å². The van der Waals surface area contributed by atoms with Gasteiger partial charge >= 0.3 is 0 Å². The highest BCUT2D eigenvalue weighted by Gasteiger charge is 2.23. The molecule has 0 unspecified atom stereocenters. The van der Waals surface area contributed by atoms with E-state index in [0.29, 0.717) is 5.69 Å². The molecule has 1 amide bonds. The summed E-state index contributed by atoms with van der Waals surface area (Å²) < 4.78 is 26.1. The van der Waals surface area contributed by atoms with E-state index in [-0.39, 0.29) is 16.7 Å². The zero-order valence-electron chi connectivity index (χ0n) is 15.4. The number of amides is 1. The minimum Gasteiger partial charge on any atom is -0.372 e. The van der Waals surface area contributed by atoms with E-state index in [0.717, 1.165) is 34.4 Å². The summed E-state index contributed by atoms with van der Waals surface area (Å²) in [5.41, 5.74) is 1.83. The fraction of sp³-hybridized carbons (Fsp3) is 0.421. The van der Waals surface area contributed by atoms with Crippen LogP contribution in [0.5, 0.6) is 0 Å². The first-order chi connectivity index (χ1) is 13.0. The maximum Gasteiger partial charge on any atom is 0.252 e. The molecule has 8 heteroatoms. The van der Waals surface area contributed by atoms with Crippen LogP contribution in [-0.2, 0) is 14.8 Å². The van der Waals surface area contributed by atoms with Crippen LogP contribution < -0.4 is 10.2 Å². The van der Waals surface area contributed by atoms with Gasteiger partial charge < -0.3 is 10.2 Å². The van der Waals surface area contributed by atoms with Crippen molar-refractivity contribution >= 4 is 38.6 Å². The lowest BCUT2D eigenvalue weighted by molar-refractivity contribution is -0.116. The van der Waals surface area contributed by atoms with Gasteiger partial charge in [0.05, 0.1) is 6.54 Å². The van der Waals surface area contributed by atoms with Crippen LogP contribution in [0, 0.1) is 0 Å². The molecule has 0 bridgehead atoms. The monoisotopic (exact) mass is 407 g/mol. The second-order valence-electron chi connectivity index (χ2n) is 6.69. The Labute approximate surface area is 164 Å². The molecule has 0 atom stereocenters. The average Bonchev–Trinajstić information content (AvgIpc) is 3.06. The minimum atomic E-state index is -3.62. The molecular formula is C19H25N3O3S2. The maximum atomic E-state index is 12.4. The summed E-state index contributed by atoms with van der Waals surface area (Å²) >= 11 is 1.14. The lowest BCUT2D eigenvalue weighted by Crippen LogP contribution is -2.34. The zero-order valence-corrected chi connectivity index (χ0v) is 17.1. The van der Waals surface area contributed by atoms with E-state index in [1.807, 2.05) is 24.3 Å². The van der Waals surface area contributed by atoms with Gasteiger partial charge in [0, 0.05) is 31.5 Å². The zero-order chi connectivity index (χ0) is 19.3. The van der Waals surface area contributed by atoms with Crippen molar-refractivity contribution in [2.45, 2.75) is 29.9 Å². The second kappa shape index (κ2) is 8.86. The summed E-state index contributed by atoms with van der Waals surface area (Å²) in [7, 11) is -2.21. The van der Waals surface area contributed by atoms with Crippen LogP contribution >= 0.6 is 11.3 Å². The number of anilines is 2. The summed E-state index contributed by atoms with van der Waals surface area (Å²) in [4.78, 5) is 14.6. The molecule has 27 heavy (non-hydrogen) atoms.